The second-order valence-corrected chi connectivity index (χ2v) is 9.40. The third kappa shape index (κ3) is 3.28. The Bertz CT molecular complexity index is 808. The number of sulfonamides is 1. The molecule has 3 aliphatic heterocycles. The van der Waals surface area contributed by atoms with Crippen molar-refractivity contribution in [2.24, 2.45) is 0 Å². The summed E-state index contributed by atoms with van der Waals surface area (Å²) >= 11 is 0. The fourth-order valence-electron chi connectivity index (χ4n) is 4.67. The molecule has 0 saturated carbocycles. The van der Waals surface area contributed by atoms with E-state index in [2.05, 4.69) is 9.62 Å². The second-order valence-electron chi connectivity index (χ2n) is 7.71. The molecule has 1 aromatic carbocycles. The van der Waals surface area contributed by atoms with Gasteiger partial charge in [-0.2, -0.15) is 0 Å². The van der Waals surface area contributed by atoms with Gasteiger partial charge in [0.15, 0.2) is 0 Å². The molecule has 6 nitrogen and oxygen atoms in total. The zero-order valence-corrected chi connectivity index (χ0v) is 16.1. The molecule has 142 valence electrons. The lowest BCUT2D eigenvalue weighted by Gasteiger charge is -2.32. The van der Waals surface area contributed by atoms with Gasteiger partial charge in [0.1, 0.15) is 0 Å². The number of fused-ring (bicyclic) bond motifs is 1. The molecule has 0 radical (unpaired) electrons. The number of hydrogen-bond acceptors (Lipinski definition) is 4. The molecule has 1 N–H and O–H groups in total. The van der Waals surface area contributed by atoms with Crippen LogP contribution in [0.2, 0.25) is 0 Å². The van der Waals surface area contributed by atoms with E-state index < -0.39 is 10.0 Å². The van der Waals surface area contributed by atoms with Crippen molar-refractivity contribution in [3.8, 4) is 0 Å². The monoisotopic (exact) mass is 377 g/mol. The lowest BCUT2D eigenvalue weighted by atomic mass is 10.00. The Labute approximate surface area is 155 Å². The molecule has 7 heteroatoms. The molecule has 3 fully saturated rings. The molecule has 0 aromatic heterocycles. The summed E-state index contributed by atoms with van der Waals surface area (Å²) in [7, 11) is -3.56. The van der Waals surface area contributed by atoms with Gasteiger partial charge in [-0.3, -0.25) is 9.69 Å². The first-order valence-corrected chi connectivity index (χ1v) is 11.1. The van der Waals surface area contributed by atoms with Crippen LogP contribution in [-0.4, -0.2) is 50.9 Å². The van der Waals surface area contributed by atoms with Crippen LogP contribution in [0.1, 0.15) is 44.1 Å². The minimum absolute atomic E-state index is 0.000429. The van der Waals surface area contributed by atoms with Crippen molar-refractivity contribution in [3.63, 3.8) is 0 Å². The Hall–Kier alpha value is -1.44. The van der Waals surface area contributed by atoms with Gasteiger partial charge < -0.3 is 4.90 Å². The number of carbonyl (C=O) groups is 1. The van der Waals surface area contributed by atoms with Gasteiger partial charge in [0.2, 0.25) is 15.9 Å². The summed E-state index contributed by atoms with van der Waals surface area (Å²) in [5, 5.41) is 0. The summed E-state index contributed by atoms with van der Waals surface area (Å²) in [5.74, 6) is 0.112. The molecule has 3 heterocycles. The second kappa shape index (κ2) is 6.94. The predicted molar refractivity (Wildman–Crippen MR) is 101 cm³/mol. The Balaban J connectivity index is 1.53. The van der Waals surface area contributed by atoms with E-state index in [0.717, 1.165) is 38.0 Å². The number of aryl methyl sites for hydroxylation is 1. The number of rotatable bonds is 4. The van der Waals surface area contributed by atoms with E-state index in [4.69, 9.17) is 0 Å². The predicted octanol–water partition coefficient (Wildman–Crippen LogP) is 2.03. The van der Waals surface area contributed by atoms with Crippen molar-refractivity contribution < 1.29 is 13.2 Å². The van der Waals surface area contributed by atoms with E-state index in [1.165, 1.54) is 12.8 Å². The highest BCUT2D eigenvalue weighted by molar-refractivity contribution is 7.89. The van der Waals surface area contributed by atoms with Gasteiger partial charge in [0.05, 0.1) is 4.90 Å². The number of piperidine rings is 1. The first-order valence-electron chi connectivity index (χ1n) is 9.63. The van der Waals surface area contributed by atoms with Crippen LogP contribution in [-0.2, 0) is 14.8 Å². The fourth-order valence-corrected chi connectivity index (χ4v) is 6.20. The number of nitrogens with one attached hydrogen (secondary N) is 1. The van der Waals surface area contributed by atoms with Gasteiger partial charge in [-0.15, -0.1) is 0 Å². The maximum Gasteiger partial charge on any atom is 0.241 e. The molecule has 3 saturated heterocycles. The number of benzene rings is 1. The van der Waals surface area contributed by atoms with Gasteiger partial charge >= 0.3 is 0 Å². The van der Waals surface area contributed by atoms with E-state index in [1.807, 2.05) is 6.07 Å². The summed E-state index contributed by atoms with van der Waals surface area (Å²) < 4.78 is 28.9. The van der Waals surface area contributed by atoms with E-state index in [-0.39, 0.29) is 11.9 Å². The van der Waals surface area contributed by atoms with Crippen molar-refractivity contribution in [1.82, 2.24) is 9.62 Å². The standard InChI is InChI=1S/C19H27N3O3S/c1-14-13-15(22-11-4-6-19(22)23)7-8-18(14)26(24,25)20-16-9-12-21-10-3-2-5-17(16)21/h7-8,13,16-17,20H,2-6,9-12H2,1H3/t16-,17+/m0/s1. The summed E-state index contributed by atoms with van der Waals surface area (Å²) in [5.41, 5.74) is 1.48. The molecule has 0 aliphatic carbocycles. The molecular weight excluding hydrogens is 350 g/mol. The van der Waals surface area contributed by atoms with Crippen LogP contribution in [0.5, 0.6) is 0 Å². The fraction of sp³-hybridized carbons (Fsp3) is 0.632. The Morgan fingerprint density at radius 3 is 2.65 bits per heavy atom. The largest absolute Gasteiger partial charge is 0.312 e. The minimum atomic E-state index is -3.56. The smallest absolute Gasteiger partial charge is 0.241 e. The van der Waals surface area contributed by atoms with E-state index in [0.29, 0.717) is 29.5 Å². The molecular formula is C19H27N3O3S. The lowest BCUT2D eigenvalue weighted by Crippen LogP contribution is -2.46. The maximum absolute atomic E-state index is 13.0. The number of nitrogens with zero attached hydrogens (tertiary/aromatic N) is 2. The molecule has 0 bridgehead atoms. The number of anilines is 1. The molecule has 3 aliphatic rings. The summed E-state index contributed by atoms with van der Waals surface area (Å²) in [6.07, 6.45) is 5.77. The Morgan fingerprint density at radius 1 is 1.08 bits per heavy atom. The van der Waals surface area contributed by atoms with Crippen molar-refractivity contribution >= 4 is 21.6 Å². The van der Waals surface area contributed by atoms with Crippen molar-refractivity contribution in [3.05, 3.63) is 23.8 Å². The van der Waals surface area contributed by atoms with Crippen molar-refractivity contribution in [2.45, 2.75) is 62.4 Å². The van der Waals surface area contributed by atoms with Crippen LogP contribution < -0.4 is 9.62 Å². The number of amides is 1. The Morgan fingerprint density at radius 2 is 1.92 bits per heavy atom. The number of hydrogen-bond donors (Lipinski definition) is 1. The summed E-state index contributed by atoms with van der Waals surface area (Å²) in [6, 6.07) is 5.55. The van der Waals surface area contributed by atoms with Gasteiger partial charge in [0.25, 0.3) is 0 Å². The summed E-state index contributed by atoms with van der Waals surface area (Å²) in [4.78, 5) is 16.4. The van der Waals surface area contributed by atoms with Crippen LogP contribution >= 0.6 is 0 Å². The highest BCUT2D eigenvalue weighted by Gasteiger charge is 2.38. The molecule has 1 amide bonds. The van der Waals surface area contributed by atoms with Crippen LogP contribution in [0, 0.1) is 6.92 Å². The molecule has 4 rings (SSSR count). The molecule has 0 spiro atoms. The first-order chi connectivity index (χ1) is 12.5. The highest BCUT2D eigenvalue weighted by Crippen LogP contribution is 2.30. The zero-order chi connectivity index (χ0) is 18.3. The SMILES string of the molecule is Cc1cc(N2CCCC2=O)ccc1S(=O)(=O)N[C@H]1CCN2CCCC[C@H]12. The van der Waals surface area contributed by atoms with Gasteiger partial charge in [-0.1, -0.05) is 6.42 Å². The zero-order valence-electron chi connectivity index (χ0n) is 15.3. The third-order valence-electron chi connectivity index (χ3n) is 6.00. The van der Waals surface area contributed by atoms with E-state index >= 15 is 0 Å². The number of carbonyl (C=O) groups excluding carboxylic acids is 1. The minimum Gasteiger partial charge on any atom is -0.312 e. The van der Waals surface area contributed by atoms with Crippen LogP contribution in [0.4, 0.5) is 5.69 Å². The van der Waals surface area contributed by atoms with Gasteiger partial charge in [0, 0.05) is 37.3 Å². The normalized spacial score (nSPS) is 27.1. The average Bonchev–Trinajstić information content (AvgIpc) is 3.21. The molecule has 26 heavy (non-hydrogen) atoms. The lowest BCUT2D eigenvalue weighted by molar-refractivity contribution is -0.117. The highest BCUT2D eigenvalue weighted by atomic mass is 32.2. The molecule has 1 aromatic rings. The van der Waals surface area contributed by atoms with Gasteiger partial charge in [-0.05, 0) is 62.9 Å². The molecule has 0 unspecified atom stereocenters. The topological polar surface area (TPSA) is 69.7 Å². The first kappa shape index (κ1) is 17.9. The third-order valence-corrected chi connectivity index (χ3v) is 7.65. The van der Waals surface area contributed by atoms with E-state index in [1.54, 1.807) is 24.0 Å². The Kier molecular flexibility index (Phi) is 4.79. The summed E-state index contributed by atoms with van der Waals surface area (Å²) in [6.45, 7) is 4.58. The van der Waals surface area contributed by atoms with Crippen LogP contribution in [0.15, 0.2) is 23.1 Å². The van der Waals surface area contributed by atoms with Crippen molar-refractivity contribution in [1.29, 1.82) is 0 Å². The van der Waals surface area contributed by atoms with Gasteiger partial charge in [-0.25, -0.2) is 13.1 Å². The molecule has 2 atom stereocenters. The maximum atomic E-state index is 13.0. The average molecular weight is 378 g/mol. The van der Waals surface area contributed by atoms with Crippen LogP contribution in [0.25, 0.3) is 0 Å². The van der Waals surface area contributed by atoms with Crippen LogP contribution in [0.3, 0.4) is 0 Å². The quantitative estimate of drug-likeness (QED) is 0.872. The van der Waals surface area contributed by atoms with E-state index in [9.17, 15) is 13.2 Å². The van der Waals surface area contributed by atoms with Crippen molar-refractivity contribution in [2.75, 3.05) is 24.5 Å².